The van der Waals surface area contributed by atoms with E-state index in [1.165, 1.54) is 12.5 Å². The summed E-state index contributed by atoms with van der Waals surface area (Å²) in [6, 6.07) is 4.26. The van der Waals surface area contributed by atoms with Crippen LogP contribution in [-0.2, 0) is 6.18 Å². The number of anilines is 1. The van der Waals surface area contributed by atoms with Crippen molar-refractivity contribution in [1.29, 1.82) is 0 Å². The molecule has 0 saturated heterocycles. The molecule has 0 saturated carbocycles. The molecule has 114 valence electrons. The summed E-state index contributed by atoms with van der Waals surface area (Å²) in [4.78, 5) is 0. The second-order valence-electron chi connectivity index (χ2n) is 5.08. The lowest BCUT2D eigenvalue weighted by molar-refractivity contribution is -0.137. The number of benzene rings is 1. The Balaban J connectivity index is 2.67. The van der Waals surface area contributed by atoms with Crippen molar-refractivity contribution < 1.29 is 13.2 Å². The van der Waals surface area contributed by atoms with Gasteiger partial charge in [-0.2, -0.15) is 13.2 Å². The summed E-state index contributed by atoms with van der Waals surface area (Å²) < 4.78 is 39.3. The van der Waals surface area contributed by atoms with Gasteiger partial charge in [-0.25, -0.2) is 0 Å². The van der Waals surface area contributed by atoms with E-state index in [2.05, 4.69) is 28.2 Å². The highest BCUT2D eigenvalue weighted by atomic mass is 79.9. The van der Waals surface area contributed by atoms with Crippen molar-refractivity contribution in [1.82, 2.24) is 0 Å². The third-order valence-electron chi connectivity index (χ3n) is 3.18. The van der Waals surface area contributed by atoms with Crippen molar-refractivity contribution in [2.24, 2.45) is 0 Å². The minimum absolute atomic E-state index is 0.0362. The Kier molecular flexibility index (Phi) is 6.86. The molecule has 1 aromatic rings. The number of hydrogen-bond acceptors (Lipinski definition) is 1. The van der Waals surface area contributed by atoms with E-state index in [4.69, 9.17) is 0 Å². The highest BCUT2D eigenvalue weighted by Gasteiger charge is 2.33. The lowest BCUT2D eigenvalue weighted by atomic mass is 10.1. The average Bonchev–Trinajstić information content (AvgIpc) is 2.35. The molecule has 5 heteroatoms. The van der Waals surface area contributed by atoms with E-state index in [1.54, 1.807) is 6.07 Å². The maximum atomic E-state index is 13.0. The van der Waals surface area contributed by atoms with Gasteiger partial charge in [0.05, 0.1) is 5.56 Å². The van der Waals surface area contributed by atoms with Crippen LogP contribution < -0.4 is 5.32 Å². The van der Waals surface area contributed by atoms with E-state index in [1.807, 2.05) is 6.92 Å². The Morgan fingerprint density at radius 1 is 1.20 bits per heavy atom. The smallest absolute Gasteiger partial charge is 0.382 e. The monoisotopic (exact) mass is 351 g/mol. The molecule has 0 aliphatic heterocycles. The van der Waals surface area contributed by atoms with Crippen LogP contribution in [0.4, 0.5) is 18.9 Å². The topological polar surface area (TPSA) is 12.0 Å². The second-order valence-corrected chi connectivity index (χ2v) is 6.00. The number of hydrogen-bond donors (Lipinski definition) is 1. The molecule has 0 spiro atoms. The summed E-state index contributed by atoms with van der Waals surface area (Å²) in [6.07, 6.45) is 1.06. The van der Waals surface area contributed by atoms with Gasteiger partial charge in [0, 0.05) is 16.2 Å². The SMILES string of the molecule is CCCCCCC(C)Nc1ccc(Br)cc1C(F)(F)F. The highest BCUT2D eigenvalue weighted by molar-refractivity contribution is 9.10. The number of rotatable bonds is 7. The molecule has 0 amide bonds. The fraction of sp³-hybridized carbons (Fsp3) is 0.600. The zero-order chi connectivity index (χ0) is 15.2. The molecule has 1 atom stereocenters. The van der Waals surface area contributed by atoms with E-state index >= 15 is 0 Å². The quantitative estimate of drug-likeness (QED) is 0.573. The molecular weight excluding hydrogens is 331 g/mol. The molecule has 1 nitrogen and oxygen atoms in total. The lowest BCUT2D eigenvalue weighted by Crippen LogP contribution is -2.18. The summed E-state index contributed by atoms with van der Waals surface area (Å²) in [5.41, 5.74) is -0.462. The molecule has 1 N–H and O–H groups in total. The molecule has 1 unspecified atom stereocenters. The van der Waals surface area contributed by atoms with Crippen LogP contribution in [0.2, 0.25) is 0 Å². The molecule has 0 aliphatic rings. The Hall–Kier alpha value is -0.710. The van der Waals surface area contributed by atoms with Gasteiger partial charge in [0.1, 0.15) is 0 Å². The van der Waals surface area contributed by atoms with Crippen LogP contribution in [0.15, 0.2) is 22.7 Å². The summed E-state index contributed by atoms with van der Waals surface area (Å²) in [5, 5.41) is 2.98. The molecular formula is C15H21BrF3N. The number of alkyl halides is 3. The Morgan fingerprint density at radius 2 is 1.90 bits per heavy atom. The molecule has 0 heterocycles. The Morgan fingerprint density at radius 3 is 2.50 bits per heavy atom. The van der Waals surface area contributed by atoms with Gasteiger partial charge in [-0.15, -0.1) is 0 Å². The molecule has 1 aromatic carbocycles. The molecule has 0 bridgehead atoms. The third-order valence-corrected chi connectivity index (χ3v) is 3.67. The van der Waals surface area contributed by atoms with Crippen molar-refractivity contribution in [3.05, 3.63) is 28.2 Å². The first-order chi connectivity index (χ1) is 9.34. The standard InChI is InChI=1S/C15H21BrF3N/c1-3-4-5-6-7-11(2)20-14-9-8-12(16)10-13(14)15(17,18)19/h8-11,20H,3-7H2,1-2H3. The minimum atomic E-state index is -4.34. The molecule has 0 aromatic heterocycles. The second kappa shape index (κ2) is 7.91. The van der Waals surface area contributed by atoms with Crippen LogP contribution in [0, 0.1) is 0 Å². The van der Waals surface area contributed by atoms with Gasteiger partial charge in [0.25, 0.3) is 0 Å². The van der Waals surface area contributed by atoms with Crippen molar-refractivity contribution in [3.63, 3.8) is 0 Å². The van der Waals surface area contributed by atoms with E-state index in [0.717, 1.165) is 31.7 Å². The molecule has 0 radical (unpaired) electrons. The summed E-state index contributed by atoms with van der Waals surface area (Å²) in [5.74, 6) is 0. The molecule has 0 fully saturated rings. The maximum absolute atomic E-state index is 13.0. The first-order valence-electron chi connectivity index (χ1n) is 6.98. The summed E-state index contributed by atoms with van der Waals surface area (Å²) >= 11 is 3.09. The van der Waals surface area contributed by atoms with E-state index in [0.29, 0.717) is 4.47 Å². The van der Waals surface area contributed by atoms with Crippen molar-refractivity contribution in [3.8, 4) is 0 Å². The molecule has 0 aliphatic carbocycles. The fourth-order valence-corrected chi connectivity index (χ4v) is 2.45. The lowest BCUT2D eigenvalue weighted by Gasteiger charge is -2.19. The number of nitrogens with one attached hydrogen (secondary N) is 1. The van der Waals surface area contributed by atoms with Crippen molar-refractivity contribution >= 4 is 21.6 Å². The average molecular weight is 352 g/mol. The van der Waals surface area contributed by atoms with Crippen LogP contribution in [-0.4, -0.2) is 6.04 Å². The highest BCUT2D eigenvalue weighted by Crippen LogP contribution is 2.37. The van der Waals surface area contributed by atoms with E-state index in [-0.39, 0.29) is 11.7 Å². The summed E-state index contributed by atoms with van der Waals surface area (Å²) in [6.45, 7) is 4.06. The Bertz CT molecular complexity index is 418. The predicted molar refractivity (Wildman–Crippen MR) is 81.0 cm³/mol. The third kappa shape index (κ3) is 5.73. The van der Waals surface area contributed by atoms with Crippen LogP contribution in [0.3, 0.4) is 0 Å². The number of halogens is 4. The van der Waals surface area contributed by atoms with Crippen LogP contribution >= 0.6 is 15.9 Å². The molecule has 1 rings (SSSR count). The minimum Gasteiger partial charge on any atom is -0.382 e. The first kappa shape index (κ1) is 17.3. The van der Waals surface area contributed by atoms with Gasteiger partial charge < -0.3 is 5.32 Å². The van der Waals surface area contributed by atoms with Gasteiger partial charge in [0.2, 0.25) is 0 Å². The van der Waals surface area contributed by atoms with Crippen molar-refractivity contribution in [2.45, 2.75) is 58.2 Å². The Labute approximate surface area is 127 Å². The van der Waals surface area contributed by atoms with Gasteiger partial charge in [-0.05, 0) is 31.5 Å². The van der Waals surface area contributed by atoms with Gasteiger partial charge in [-0.1, -0.05) is 48.5 Å². The van der Waals surface area contributed by atoms with E-state index < -0.39 is 11.7 Å². The van der Waals surface area contributed by atoms with E-state index in [9.17, 15) is 13.2 Å². The largest absolute Gasteiger partial charge is 0.418 e. The van der Waals surface area contributed by atoms with Crippen LogP contribution in [0.1, 0.15) is 51.5 Å². The van der Waals surface area contributed by atoms with Crippen LogP contribution in [0.5, 0.6) is 0 Å². The van der Waals surface area contributed by atoms with Crippen molar-refractivity contribution in [2.75, 3.05) is 5.32 Å². The maximum Gasteiger partial charge on any atom is 0.418 e. The zero-order valence-electron chi connectivity index (χ0n) is 11.9. The van der Waals surface area contributed by atoms with Gasteiger partial charge >= 0.3 is 6.18 Å². The molecule has 20 heavy (non-hydrogen) atoms. The van der Waals surface area contributed by atoms with Crippen LogP contribution in [0.25, 0.3) is 0 Å². The normalized spacial score (nSPS) is 13.3. The van der Waals surface area contributed by atoms with Gasteiger partial charge in [0.15, 0.2) is 0 Å². The van der Waals surface area contributed by atoms with Gasteiger partial charge in [-0.3, -0.25) is 0 Å². The fourth-order valence-electron chi connectivity index (χ4n) is 2.09. The summed E-state index contributed by atoms with van der Waals surface area (Å²) in [7, 11) is 0. The number of unbranched alkanes of at least 4 members (excludes halogenated alkanes) is 3. The first-order valence-corrected chi connectivity index (χ1v) is 7.77. The predicted octanol–water partition coefficient (Wildman–Crippen LogP) is 6.24. The zero-order valence-corrected chi connectivity index (χ0v) is 13.4.